The first kappa shape index (κ1) is 23.8. The van der Waals surface area contributed by atoms with E-state index in [2.05, 4.69) is 5.32 Å². The van der Waals surface area contributed by atoms with Crippen molar-refractivity contribution in [3.63, 3.8) is 0 Å². The molecule has 2 saturated heterocycles. The molecular formula is C20H29NO10. The van der Waals surface area contributed by atoms with E-state index in [4.69, 9.17) is 18.9 Å². The van der Waals surface area contributed by atoms with E-state index in [1.807, 2.05) is 0 Å². The van der Waals surface area contributed by atoms with Crippen molar-refractivity contribution >= 4 is 5.91 Å². The molecule has 0 radical (unpaired) electrons. The smallest absolute Gasteiger partial charge is 0.223 e. The van der Waals surface area contributed by atoms with Crippen LogP contribution in [0.3, 0.4) is 0 Å². The predicted octanol–water partition coefficient (Wildman–Crippen LogP) is -2.14. The number of hydrogen-bond acceptors (Lipinski definition) is 10. The van der Waals surface area contributed by atoms with E-state index in [9.17, 15) is 30.3 Å². The maximum Gasteiger partial charge on any atom is 0.223 e. The number of carbonyl (C=O) groups excluding carboxylic acids is 1. The summed E-state index contributed by atoms with van der Waals surface area (Å²) in [5, 5.41) is 53.4. The lowest BCUT2D eigenvalue weighted by atomic mass is 9.95. The Bertz CT molecular complexity index is 721. The van der Waals surface area contributed by atoms with Gasteiger partial charge in [-0.25, -0.2) is 0 Å². The van der Waals surface area contributed by atoms with Gasteiger partial charge in [0.15, 0.2) is 6.29 Å². The molecule has 2 fully saturated rings. The number of aliphatic hydroxyl groups is 5. The molecule has 174 valence electrons. The molecule has 6 N–H and O–H groups in total. The molecule has 1 aromatic carbocycles. The largest absolute Gasteiger partial charge is 0.463 e. The number of nitrogens with one attached hydrogen (secondary N) is 1. The summed E-state index contributed by atoms with van der Waals surface area (Å²) >= 11 is 0. The topological polar surface area (TPSA) is 167 Å². The first-order valence-electron chi connectivity index (χ1n) is 10.0. The van der Waals surface area contributed by atoms with Gasteiger partial charge in [-0.2, -0.15) is 0 Å². The van der Waals surface area contributed by atoms with Crippen LogP contribution in [0.15, 0.2) is 30.3 Å². The fraction of sp³-hybridized carbons (Fsp3) is 0.650. The van der Waals surface area contributed by atoms with E-state index in [0.29, 0.717) is 5.75 Å². The highest BCUT2D eigenvalue weighted by Crippen LogP contribution is 2.30. The molecule has 0 aliphatic carbocycles. The summed E-state index contributed by atoms with van der Waals surface area (Å²) in [6, 6.07) is 7.51. The fourth-order valence-electron chi connectivity index (χ4n) is 3.64. The third-order valence-corrected chi connectivity index (χ3v) is 5.32. The summed E-state index contributed by atoms with van der Waals surface area (Å²) in [4.78, 5) is 11.7. The van der Waals surface area contributed by atoms with E-state index in [1.54, 1.807) is 30.3 Å². The molecule has 2 aliphatic rings. The minimum atomic E-state index is -1.62. The Hall–Kier alpha value is -1.83. The molecule has 31 heavy (non-hydrogen) atoms. The first-order chi connectivity index (χ1) is 14.7. The van der Waals surface area contributed by atoms with Crippen LogP contribution in [0.1, 0.15) is 13.8 Å². The number of ether oxygens (including phenoxy) is 4. The minimum Gasteiger partial charge on any atom is -0.463 e. The van der Waals surface area contributed by atoms with E-state index >= 15 is 0 Å². The van der Waals surface area contributed by atoms with Gasteiger partial charge in [0.2, 0.25) is 12.2 Å². The number of aliphatic hydroxyl groups excluding tert-OH is 5. The van der Waals surface area contributed by atoms with Crippen LogP contribution in [0, 0.1) is 0 Å². The van der Waals surface area contributed by atoms with Crippen LogP contribution < -0.4 is 10.1 Å². The van der Waals surface area contributed by atoms with Crippen molar-refractivity contribution in [2.75, 3.05) is 6.61 Å². The number of para-hydroxylation sites is 1. The standard InChI is InChI=1S/C20H29NO10/c1-9-14(24)16(26)17(27)20(28-9)31-18-12(8-22)30-19(13(15(18)25)21-10(2)23)29-11-6-4-3-5-7-11/h3-7,9,12-20,22,24-27H,8H2,1-2H3,(H,21,23)/t9-,12-,13-,14+,15-,16+,17-,18-,19-,20-/m1/s1. The van der Waals surface area contributed by atoms with Crippen LogP contribution in [0.25, 0.3) is 0 Å². The van der Waals surface area contributed by atoms with Crippen molar-refractivity contribution < 1.29 is 49.3 Å². The van der Waals surface area contributed by atoms with Crippen molar-refractivity contribution in [3.05, 3.63) is 30.3 Å². The number of hydrogen-bond donors (Lipinski definition) is 6. The molecule has 0 bridgehead atoms. The minimum absolute atomic E-state index is 0.420. The van der Waals surface area contributed by atoms with Gasteiger partial charge in [0.1, 0.15) is 48.4 Å². The lowest BCUT2D eigenvalue weighted by molar-refractivity contribution is -0.339. The second-order valence-electron chi connectivity index (χ2n) is 7.66. The number of benzene rings is 1. The number of amides is 1. The highest BCUT2D eigenvalue weighted by atomic mass is 16.7. The molecule has 11 nitrogen and oxygen atoms in total. The maximum absolute atomic E-state index is 11.7. The molecule has 0 spiro atoms. The summed E-state index contributed by atoms with van der Waals surface area (Å²) in [6.07, 6.45) is -11.7. The Balaban J connectivity index is 1.80. The Labute approximate surface area is 179 Å². The molecule has 1 amide bonds. The molecule has 11 heteroatoms. The molecule has 0 saturated carbocycles. The second kappa shape index (κ2) is 10.2. The molecule has 10 atom stereocenters. The summed E-state index contributed by atoms with van der Waals surface area (Å²) in [5.41, 5.74) is 0. The van der Waals surface area contributed by atoms with Gasteiger partial charge < -0.3 is 49.8 Å². The van der Waals surface area contributed by atoms with E-state index in [0.717, 1.165) is 0 Å². The van der Waals surface area contributed by atoms with Gasteiger partial charge in [-0.1, -0.05) is 18.2 Å². The monoisotopic (exact) mass is 443 g/mol. The molecule has 2 aliphatic heterocycles. The van der Waals surface area contributed by atoms with E-state index in [1.165, 1.54) is 13.8 Å². The van der Waals surface area contributed by atoms with Crippen LogP contribution >= 0.6 is 0 Å². The van der Waals surface area contributed by atoms with Crippen molar-refractivity contribution in [3.8, 4) is 5.75 Å². The molecule has 1 aromatic rings. The van der Waals surface area contributed by atoms with Crippen LogP contribution in [-0.2, 0) is 19.0 Å². The second-order valence-corrected chi connectivity index (χ2v) is 7.66. The average molecular weight is 443 g/mol. The van der Waals surface area contributed by atoms with Gasteiger partial charge in [0.25, 0.3) is 0 Å². The summed E-state index contributed by atoms with van der Waals surface area (Å²) in [6.45, 7) is 2.16. The summed E-state index contributed by atoms with van der Waals surface area (Å²) in [7, 11) is 0. The van der Waals surface area contributed by atoms with Crippen molar-refractivity contribution in [1.82, 2.24) is 5.32 Å². The molecule has 2 heterocycles. The zero-order valence-electron chi connectivity index (χ0n) is 17.1. The Morgan fingerprint density at radius 2 is 1.68 bits per heavy atom. The zero-order chi connectivity index (χ0) is 22.7. The van der Waals surface area contributed by atoms with Gasteiger partial charge in [0.05, 0.1) is 12.7 Å². The summed E-state index contributed by atoms with van der Waals surface area (Å²) in [5.74, 6) is -0.0419. The van der Waals surface area contributed by atoms with Crippen LogP contribution in [0.5, 0.6) is 5.75 Å². The molecule has 0 unspecified atom stereocenters. The number of rotatable bonds is 6. The van der Waals surface area contributed by atoms with Crippen molar-refractivity contribution in [2.45, 2.75) is 75.2 Å². The van der Waals surface area contributed by atoms with E-state index in [-0.39, 0.29) is 0 Å². The van der Waals surface area contributed by atoms with Gasteiger partial charge >= 0.3 is 0 Å². The van der Waals surface area contributed by atoms with Gasteiger partial charge in [0, 0.05) is 6.92 Å². The number of carbonyl (C=O) groups is 1. The average Bonchev–Trinajstić information content (AvgIpc) is 2.75. The Kier molecular flexibility index (Phi) is 7.83. The third-order valence-electron chi connectivity index (χ3n) is 5.32. The van der Waals surface area contributed by atoms with Crippen LogP contribution in [0.2, 0.25) is 0 Å². The predicted molar refractivity (Wildman–Crippen MR) is 104 cm³/mol. The SMILES string of the molecule is CC(=O)N[C@H]1[C@H](Oc2ccccc2)O[C@H](CO)[C@@H](O[C@H]2O[C@H](C)[C@H](O)[C@H](O)[C@H]2O)[C@@H]1O. The lowest BCUT2D eigenvalue weighted by Gasteiger charge is -2.46. The summed E-state index contributed by atoms with van der Waals surface area (Å²) < 4.78 is 22.6. The van der Waals surface area contributed by atoms with Crippen LogP contribution in [0.4, 0.5) is 0 Å². The van der Waals surface area contributed by atoms with Crippen LogP contribution in [-0.4, -0.2) is 99.4 Å². The maximum atomic E-state index is 11.7. The Morgan fingerprint density at radius 3 is 2.29 bits per heavy atom. The van der Waals surface area contributed by atoms with Crippen molar-refractivity contribution in [1.29, 1.82) is 0 Å². The van der Waals surface area contributed by atoms with E-state index < -0.39 is 73.9 Å². The third kappa shape index (κ3) is 5.33. The highest BCUT2D eigenvalue weighted by Gasteiger charge is 2.51. The lowest BCUT2D eigenvalue weighted by Crippen LogP contribution is -2.67. The Morgan fingerprint density at radius 1 is 1.00 bits per heavy atom. The fourth-order valence-corrected chi connectivity index (χ4v) is 3.64. The quantitative estimate of drug-likeness (QED) is 0.286. The van der Waals surface area contributed by atoms with Gasteiger partial charge in [-0.15, -0.1) is 0 Å². The van der Waals surface area contributed by atoms with Gasteiger partial charge in [-0.05, 0) is 19.1 Å². The first-order valence-corrected chi connectivity index (χ1v) is 10.0. The highest BCUT2D eigenvalue weighted by molar-refractivity contribution is 5.73. The normalized spacial score (nSPS) is 40.9. The molecule has 0 aromatic heterocycles. The molecular weight excluding hydrogens is 414 g/mol. The zero-order valence-corrected chi connectivity index (χ0v) is 17.1. The molecule has 3 rings (SSSR count). The van der Waals surface area contributed by atoms with Crippen molar-refractivity contribution in [2.24, 2.45) is 0 Å². The van der Waals surface area contributed by atoms with Gasteiger partial charge in [-0.3, -0.25) is 4.79 Å².